The molecule has 1 N–H and O–H groups in total. The minimum absolute atomic E-state index is 0.167. The first-order valence-electron chi connectivity index (χ1n) is 4.30. The quantitative estimate of drug-likeness (QED) is 0.791. The van der Waals surface area contributed by atoms with Crippen molar-refractivity contribution < 1.29 is 23.0 Å². The lowest BCUT2D eigenvalue weighted by Crippen LogP contribution is -2.16. The Kier molecular flexibility index (Phi) is 5.77. The summed E-state index contributed by atoms with van der Waals surface area (Å²) in [5.41, 5.74) is 0. The summed E-state index contributed by atoms with van der Waals surface area (Å²) in [6, 6.07) is 7.05. The average molecular weight is 222 g/mol. The predicted molar refractivity (Wildman–Crippen MR) is 50.5 cm³/mol. The Balaban J connectivity index is 0.000000423. The molecule has 86 valence electrons. The van der Waals surface area contributed by atoms with Gasteiger partial charge in [-0.25, -0.2) is 0 Å². The highest BCUT2D eigenvalue weighted by atomic mass is 19.4. The number of halogens is 3. The van der Waals surface area contributed by atoms with E-state index in [-0.39, 0.29) is 11.9 Å². The molecule has 0 aliphatic rings. The lowest BCUT2D eigenvalue weighted by atomic mass is 10.3. The van der Waals surface area contributed by atoms with Crippen LogP contribution in [0.3, 0.4) is 0 Å². The molecule has 0 radical (unpaired) electrons. The second-order valence-corrected chi connectivity index (χ2v) is 2.95. The molecule has 0 fully saturated rings. The molecule has 0 saturated carbocycles. The highest BCUT2D eigenvalue weighted by Gasteiger charge is 2.30. The van der Waals surface area contributed by atoms with Gasteiger partial charge in [-0.15, -0.1) is 13.2 Å². The zero-order chi connectivity index (χ0) is 11.9. The fourth-order valence-electron chi connectivity index (χ4n) is 0.622. The second-order valence-electron chi connectivity index (χ2n) is 2.95. The van der Waals surface area contributed by atoms with Crippen molar-refractivity contribution in [3.63, 3.8) is 0 Å². The minimum atomic E-state index is -4.60. The van der Waals surface area contributed by atoms with Gasteiger partial charge in [-0.2, -0.15) is 0 Å². The van der Waals surface area contributed by atoms with Gasteiger partial charge in [-0.1, -0.05) is 18.2 Å². The molecule has 0 aliphatic heterocycles. The van der Waals surface area contributed by atoms with Crippen LogP contribution in [0.4, 0.5) is 13.2 Å². The number of ether oxygens (including phenoxy) is 1. The van der Waals surface area contributed by atoms with Gasteiger partial charge in [0, 0.05) is 6.10 Å². The van der Waals surface area contributed by atoms with E-state index in [9.17, 15) is 13.2 Å². The average Bonchev–Trinajstić information content (AvgIpc) is 2.01. The summed E-state index contributed by atoms with van der Waals surface area (Å²) in [5, 5.41) is 8.06. The summed E-state index contributed by atoms with van der Waals surface area (Å²) < 4.78 is 38.2. The number of aliphatic hydroxyl groups is 1. The van der Waals surface area contributed by atoms with Crippen LogP contribution in [-0.4, -0.2) is 17.6 Å². The highest BCUT2D eigenvalue weighted by molar-refractivity contribution is 5.20. The van der Waals surface area contributed by atoms with Gasteiger partial charge in [0.05, 0.1) is 0 Å². The molecule has 0 heterocycles. The molecular weight excluding hydrogens is 209 g/mol. The zero-order valence-corrected chi connectivity index (χ0v) is 8.45. The summed E-state index contributed by atoms with van der Waals surface area (Å²) in [6.45, 7) is 3.44. The Morgan fingerprint density at radius 2 is 1.53 bits per heavy atom. The van der Waals surface area contributed by atoms with Crippen LogP contribution in [0.25, 0.3) is 0 Å². The van der Waals surface area contributed by atoms with Crippen LogP contribution in [0.1, 0.15) is 13.8 Å². The third kappa shape index (κ3) is 10.7. The molecule has 0 aliphatic carbocycles. The number of hydrogen-bond donors (Lipinski definition) is 1. The Labute approximate surface area is 86.3 Å². The molecule has 1 aromatic rings. The van der Waals surface area contributed by atoms with Gasteiger partial charge in [0.25, 0.3) is 0 Å². The minimum Gasteiger partial charge on any atom is -0.406 e. The van der Waals surface area contributed by atoms with Crippen LogP contribution in [0.2, 0.25) is 0 Å². The molecule has 0 bridgehead atoms. The molecular formula is C10H13F3O2. The molecule has 0 saturated heterocycles. The van der Waals surface area contributed by atoms with E-state index in [1.54, 1.807) is 19.9 Å². The van der Waals surface area contributed by atoms with Crippen LogP contribution in [-0.2, 0) is 0 Å². The number of benzene rings is 1. The molecule has 1 aromatic carbocycles. The first kappa shape index (κ1) is 13.8. The second kappa shape index (κ2) is 6.29. The van der Waals surface area contributed by atoms with Crippen molar-refractivity contribution in [2.24, 2.45) is 0 Å². The maximum atomic E-state index is 11.5. The highest BCUT2D eigenvalue weighted by Crippen LogP contribution is 2.21. The summed E-state index contributed by atoms with van der Waals surface area (Å²) >= 11 is 0. The van der Waals surface area contributed by atoms with E-state index in [2.05, 4.69) is 4.74 Å². The smallest absolute Gasteiger partial charge is 0.406 e. The molecule has 1 rings (SSSR count). The first-order valence-corrected chi connectivity index (χ1v) is 4.30. The number of alkyl halides is 3. The van der Waals surface area contributed by atoms with Crippen molar-refractivity contribution in [1.82, 2.24) is 0 Å². The lowest BCUT2D eigenvalue weighted by molar-refractivity contribution is -0.274. The summed E-state index contributed by atoms with van der Waals surface area (Å²) in [4.78, 5) is 0. The fraction of sp³-hybridized carbons (Fsp3) is 0.400. The van der Waals surface area contributed by atoms with Crippen molar-refractivity contribution >= 4 is 0 Å². The van der Waals surface area contributed by atoms with E-state index in [1.165, 1.54) is 24.3 Å². The normalized spacial score (nSPS) is 10.6. The van der Waals surface area contributed by atoms with Crippen LogP contribution < -0.4 is 4.74 Å². The maximum Gasteiger partial charge on any atom is 0.573 e. The molecule has 0 aromatic heterocycles. The van der Waals surface area contributed by atoms with Gasteiger partial charge < -0.3 is 9.84 Å². The Hall–Kier alpha value is -1.23. The predicted octanol–water partition coefficient (Wildman–Crippen LogP) is 2.97. The SMILES string of the molecule is CC(C)O.FC(F)(F)Oc1ccccc1. The van der Waals surface area contributed by atoms with Crippen LogP contribution in [0, 0.1) is 0 Å². The number of hydrogen-bond acceptors (Lipinski definition) is 2. The molecule has 5 heteroatoms. The first-order chi connectivity index (χ1) is 6.81. The standard InChI is InChI=1S/C7H5F3O.C3H8O/c8-7(9,10)11-6-4-2-1-3-5-6;1-3(2)4/h1-5H;3-4H,1-2H3. The van der Waals surface area contributed by atoms with E-state index >= 15 is 0 Å². The third-order valence-electron chi connectivity index (χ3n) is 0.977. The van der Waals surface area contributed by atoms with Gasteiger partial charge in [-0.3, -0.25) is 0 Å². The van der Waals surface area contributed by atoms with E-state index in [0.717, 1.165) is 0 Å². The van der Waals surface area contributed by atoms with E-state index < -0.39 is 6.36 Å². The Morgan fingerprint density at radius 1 is 1.13 bits per heavy atom. The van der Waals surface area contributed by atoms with Gasteiger partial charge in [0.2, 0.25) is 0 Å². The molecule has 0 spiro atoms. The van der Waals surface area contributed by atoms with Crippen LogP contribution in [0.5, 0.6) is 5.75 Å². The van der Waals surface area contributed by atoms with E-state index in [4.69, 9.17) is 5.11 Å². The molecule has 0 unspecified atom stereocenters. The fourth-order valence-corrected chi connectivity index (χ4v) is 0.622. The van der Waals surface area contributed by atoms with Gasteiger partial charge >= 0.3 is 6.36 Å². The Bertz CT molecular complexity index is 254. The largest absolute Gasteiger partial charge is 0.573 e. The molecule has 0 amide bonds. The Morgan fingerprint density at radius 3 is 1.87 bits per heavy atom. The van der Waals surface area contributed by atoms with Gasteiger partial charge in [-0.05, 0) is 26.0 Å². The van der Waals surface area contributed by atoms with E-state index in [1.807, 2.05) is 0 Å². The topological polar surface area (TPSA) is 29.5 Å². The van der Waals surface area contributed by atoms with Crippen molar-refractivity contribution in [3.8, 4) is 5.75 Å². The number of aliphatic hydroxyl groups excluding tert-OH is 1. The summed E-state index contributed by atoms with van der Waals surface area (Å²) in [6.07, 6.45) is -4.76. The summed E-state index contributed by atoms with van der Waals surface area (Å²) in [7, 11) is 0. The van der Waals surface area contributed by atoms with Crippen LogP contribution >= 0.6 is 0 Å². The number of para-hydroxylation sites is 1. The summed E-state index contributed by atoms with van der Waals surface area (Å²) in [5.74, 6) is -0.194. The van der Waals surface area contributed by atoms with Crippen molar-refractivity contribution in [2.45, 2.75) is 26.3 Å². The number of rotatable bonds is 1. The lowest BCUT2D eigenvalue weighted by Gasteiger charge is -2.07. The van der Waals surface area contributed by atoms with Crippen molar-refractivity contribution in [1.29, 1.82) is 0 Å². The molecule has 0 atom stereocenters. The van der Waals surface area contributed by atoms with Crippen LogP contribution in [0.15, 0.2) is 30.3 Å². The van der Waals surface area contributed by atoms with E-state index in [0.29, 0.717) is 0 Å². The zero-order valence-electron chi connectivity index (χ0n) is 8.45. The molecule has 2 nitrogen and oxygen atoms in total. The van der Waals surface area contributed by atoms with Gasteiger partial charge in [0.1, 0.15) is 5.75 Å². The van der Waals surface area contributed by atoms with Crippen molar-refractivity contribution in [2.75, 3.05) is 0 Å². The maximum absolute atomic E-state index is 11.5. The molecule has 15 heavy (non-hydrogen) atoms. The van der Waals surface area contributed by atoms with Crippen molar-refractivity contribution in [3.05, 3.63) is 30.3 Å². The third-order valence-corrected chi connectivity index (χ3v) is 0.977. The monoisotopic (exact) mass is 222 g/mol. The van der Waals surface area contributed by atoms with Gasteiger partial charge in [0.15, 0.2) is 0 Å².